The number of piperazine rings is 1. The van der Waals surface area contributed by atoms with E-state index in [0.29, 0.717) is 32.1 Å². The summed E-state index contributed by atoms with van der Waals surface area (Å²) in [4.78, 5) is 14.8. The summed E-state index contributed by atoms with van der Waals surface area (Å²) in [5, 5.41) is 3.19. The van der Waals surface area contributed by atoms with E-state index in [1.54, 1.807) is 0 Å². The van der Waals surface area contributed by atoms with E-state index in [-0.39, 0.29) is 22.9 Å². The summed E-state index contributed by atoms with van der Waals surface area (Å²) >= 11 is 0. The number of halogens is 1. The second-order valence-corrected chi connectivity index (χ2v) is 9.88. The third-order valence-corrected chi connectivity index (χ3v) is 8.00. The Morgan fingerprint density at radius 3 is 2.32 bits per heavy atom. The molecule has 2 aliphatic rings. The van der Waals surface area contributed by atoms with E-state index in [1.807, 2.05) is 11.8 Å². The predicted molar refractivity (Wildman–Crippen MR) is 106 cm³/mol. The summed E-state index contributed by atoms with van der Waals surface area (Å²) < 4.78 is 39.9. The standard InChI is InChI=1S/C20H30FN3O3S/c1-15-5-3-4-6-19(15)22-20(25)16(2)23-11-13-24(14-12-23)28(26,27)18-9-7-17(21)8-10-18/h7-10,15-16,19H,3-6,11-14H2,1-2H3,(H,22,25)/t15-,16+,19+/m0/s1. The molecule has 156 valence electrons. The lowest BCUT2D eigenvalue weighted by Gasteiger charge is -2.38. The van der Waals surface area contributed by atoms with Gasteiger partial charge in [0.1, 0.15) is 5.82 Å². The van der Waals surface area contributed by atoms with Gasteiger partial charge in [0.05, 0.1) is 10.9 Å². The van der Waals surface area contributed by atoms with Gasteiger partial charge in [-0.2, -0.15) is 4.31 Å². The minimum Gasteiger partial charge on any atom is -0.352 e. The molecular formula is C20H30FN3O3S. The number of sulfonamides is 1. The Morgan fingerprint density at radius 2 is 1.71 bits per heavy atom. The van der Waals surface area contributed by atoms with Gasteiger partial charge in [0.15, 0.2) is 0 Å². The summed E-state index contributed by atoms with van der Waals surface area (Å²) in [6.07, 6.45) is 4.57. The van der Waals surface area contributed by atoms with Crippen LogP contribution in [-0.2, 0) is 14.8 Å². The highest BCUT2D eigenvalue weighted by Crippen LogP contribution is 2.24. The molecule has 2 fully saturated rings. The van der Waals surface area contributed by atoms with Crippen LogP contribution in [0.2, 0.25) is 0 Å². The zero-order valence-electron chi connectivity index (χ0n) is 16.6. The maximum atomic E-state index is 13.1. The quantitative estimate of drug-likeness (QED) is 0.807. The summed E-state index contributed by atoms with van der Waals surface area (Å²) in [6.45, 7) is 5.69. The van der Waals surface area contributed by atoms with Crippen molar-refractivity contribution >= 4 is 15.9 Å². The van der Waals surface area contributed by atoms with Crippen molar-refractivity contribution in [2.45, 2.75) is 56.5 Å². The fraction of sp³-hybridized carbons (Fsp3) is 0.650. The fourth-order valence-corrected chi connectivity index (χ4v) is 5.51. The Morgan fingerprint density at radius 1 is 1.11 bits per heavy atom. The zero-order valence-corrected chi connectivity index (χ0v) is 17.4. The molecule has 0 bridgehead atoms. The van der Waals surface area contributed by atoms with Crippen molar-refractivity contribution in [2.24, 2.45) is 5.92 Å². The van der Waals surface area contributed by atoms with E-state index in [4.69, 9.17) is 0 Å². The van der Waals surface area contributed by atoms with Crippen LogP contribution in [0.3, 0.4) is 0 Å². The maximum absolute atomic E-state index is 13.1. The van der Waals surface area contributed by atoms with Crippen molar-refractivity contribution in [3.63, 3.8) is 0 Å². The molecule has 3 rings (SSSR count). The van der Waals surface area contributed by atoms with E-state index in [0.717, 1.165) is 31.4 Å². The minimum atomic E-state index is -3.64. The first-order valence-electron chi connectivity index (χ1n) is 10.1. The largest absolute Gasteiger partial charge is 0.352 e. The Hall–Kier alpha value is -1.51. The Bertz CT molecular complexity index is 776. The summed E-state index contributed by atoms with van der Waals surface area (Å²) in [5.41, 5.74) is 0. The Balaban J connectivity index is 1.55. The zero-order chi connectivity index (χ0) is 20.3. The van der Waals surface area contributed by atoms with Crippen LogP contribution >= 0.6 is 0 Å². The van der Waals surface area contributed by atoms with Crippen LogP contribution in [0.15, 0.2) is 29.2 Å². The van der Waals surface area contributed by atoms with Gasteiger partial charge < -0.3 is 5.32 Å². The van der Waals surface area contributed by atoms with E-state index >= 15 is 0 Å². The highest BCUT2D eigenvalue weighted by Gasteiger charge is 2.33. The number of nitrogens with zero attached hydrogens (tertiary/aromatic N) is 2. The third-order valence-electron chi connectivity index (χ3n) is 6.09. The number of carbonyl (C=O) groups excluding carboxylic acids is 1. The maximum Gasteiger partial charge on any atom is 0.243 e. The molecular weight excluding hydrogens is 381 g/mol. The van der Waals surface area contributed by atoms with Crippen LogP contribution in [0.4, 0.5) is 4.39 Å². The number of benzene rings is 1. The third kappa shape index (κ3) is 4.72. The van der Waals surface area contributed by atoms with Gasteiger partial charge in [-0.25, -0.2) is 12.8 Å². The van der Waals surface area contributed by atoms with Gasteiger partial charge in [-0.3, -0.25) is 9.69 Å². The molecule has 0 radical (unpaired) electrons. The first-order valence-corrected chi connectivity index (χ1v) is 11.5. The molecule has 1 aromatic rings. The number of hydrogen-bond acceptors (Lipinski definition) is 4. The summed E-state index contributed by atoms with van der Waals surface area (Å²) in [5.74, 6) is 0.0621. The molecule has 1 saturated heterocycles. The van der Waals surface area contributed by atoms with Gasteiger partial charge in [-0.05, 0) is 49.9 Å². The first kappa shape index (κ1) is 21.2. The van der Waals surface area contributed by atoms with Crippen molar-refractivity contribution in [3.8, 4) is 0 Å². The summed E-state index contributed by atoms with van der Waals surface area (Å²) in [7, 11) is -3.64. The second kappa shape index (κ2) is 8.88. The van der Waals surface area contributed by atoms with Gasteiger partial charge in [-0.15, -0.1) is 0 Å². The molecule has 1 heterocycles. The van der Waals surface area contributed by atoms with Crippen molar-refractivity contribution < 1.29 is 17.6 Å². The fourth-order valence-electron chi connectivity index (χ4n) is 4.09. The molecule has 1 aromatic carbocycles. The van der Waals surface area contributed by atoms with Crippen molar-refractivity contribution in [1.29, 1.82) is 0 Å². The molecule has 0 aromatic heterocycles. The van der Waals surface area contributed by atoms with Crippen molar-refractivity contribution in [3.05, 3.63) is 30.1 Å². The Kier molecular flexibility index (Phi) is 6.73. The summed E-state index contributed by atoms with van der Waals surface area (Å²) in [6, 6.07) is 4.84. The lowest BCUT2D eigenvalue weighted by Crippen LogP contribution is -2.56. The van der Waals surface area contributed by atoms with E-state index in [2.05, 4.69) is 12.2 Å². The van der Waals surface area contributed by atoms with Crippen LogP contribution in [0, 0.1) is 11.7 Å². The number of carbonyl (C=O) groups is 1. The highest BCUT2D eigenvalue weighted by molar-refractivity contribution is 7.89. The molecule has 0 unspecified atom stereocenters. The number of nitrogens with one attached hydrogen (secondary N) is 1. The van der Waals surface area contributed by atoms with Gasteiger partial charge in [0.25, 0.3) is 0 Å². The lowest BCUT2D eigenvalue weighted by atomic mass is 9.86. The molecule has 0 spiro atoms. The molecule has 1 aliphatic carbocycles. The first-order chi connectivity index (χ1) is 13.3. The van der Waals surface area contributed by atoms with Gasteiger partial charge in [0.2, 0.25) is 15.9 Å². The molecule has 28 heavy (non-hydrogen) atoms. The molecule has 8 heteroatoms. The lowest BCUT2D eigenvalue weighted by molar-refractivity contribution is -0.127. The van der Waals surface area contributed by atoms with Gasteiger partial charge in [-0.1, -0.05) is 19.8 Å². The average molecular weight is 412 g/mol. The monoisotopic (exact) mass is 411 g/mol. The van der Waals surface area contributed by atoms with Gasteiger partial charge in [0, 0.05) is 32.2 Å². The van der Waals surface area contributed by atoms with Crippen molar-refractivity contribution in [1.82, 2.24) is 14.5 Å². The van der Waals surface area contributed by atoms with Crippen LogP contribution in [-0.4, -0.2) is 61.8 Å². The van der Waals surface area contributed by atoms with Crippen LogP contribution in [0.25, 0.3) is 0 Å². The molecule has 3 atom stereocenters. The number of amides is 1. The van der Waals surface area contributed by atoms with Crippen LogP contribution in [0.1, 0.15) is 39.5 Å². The molecule has 1 amide bonds. The SMILES string of the molecule is C[C@H](C(=O)N[C@@H]1CCCC[C@@H]1C)N1CCN(S(=O)(=O)c2ccc(F)cc2)CC1. The Labute approximate surface area is 167 Å². The topological polar surface area (TPSA) is 69.7 Å². The number of hydrogen-bond donors (Lipinski definition) is 1. The molecule has 1 aliphatic heterocycles. The molecule has 6 nitrogen and oxygen atoms in total. The van der Waals surface area contributed by atoms with Crippen LogP contribution in [0.5, 0.6) is 0 Å². The normalized spacial score (nSPS) is 26.0. The van der Waals surface area contributed by atoms with Gasteiger partial charge >= 0.3 is 0 Å². The molecule has 1 N–H and O–H groups in total. The van der Waals surface area contributed by atoms with Crippen LogP contribution < -0.4 is 5.32 Å². The second-order valence-electron chi connectivity index (χ2n) is 7.95. The smallest absolute Gasteiger partial charge is 0.243 e. The number of rotatable bonds is 5. The minimum absolute atomic E-state index is 0.0218. The van der Waals surface area contributed by atoms with E-state index in [9.17, 15) is 17.6 Å². The van der Waals surface area contributed by atoms with E-state index < -0.39 is 15.8 Å². The predicted octanol–water partition coefficient (Wildman–Crippen LogP) is 2.22. The average Bonchev–Trinajstić information content (AvgIpc) is 2.69. The highest BCUT2D eigenvalue weighted by atomic mass is 32.2. The van der Waals surface area contributed by atoms with Crippen molar-refractivity contribution in [2.75, 3.05) is 26.2 Å². The molecule has 1 saturated carbocycles. The van der Waals surface area contributed by atoms with E-state index in [1.165, 1.54) is 22.9 Å².